The highest BCUT2D eigenvalue weighted by molar-refractivity contribution is 6.33. The van der Waals surface area contributed by atoms with Gasteiger partial charge in [-0.15, -0.1) is 0 Å². The molecule has 1 aromatic heterocycles. The lowest BCUT2D eigenvalue weighted by atomic mass is 10.1. The van der Waals surface area contributed by atoms with Crippen LogP contribution in [0.5, 0.6) is 0 Å². The van der Waals surface area contributed by atoms with Crippen molar-refractivity contribution in [1.82, 2.24) is 15.2 Å². The molecule has 0 unspecified atom stereocenters. The van der Waals surface area contributed by atoms with E-state index >= 15 is 0 Å². The Balaban J connectivity index is 1.57. The van der Waals surface area contributed by atoms with Crippen LogP contribution in [-0.4, -0.2) is 65.4 Å². The van der Waals surface area contributed by atoms with Gasteiger partial charge in [-0.25, -0.2) is 0 Å². The van der Waals surface area contributed by atoms with Crippen LogP contribution in [0.4, 0.5) is 0 Å². The molecule has 0 bridgehead atoms. The average Bonchev–Trinajstić information content (AvgIpc) is 2.89. The number of pyridine rings is 1. The van der Waals surface area contributed by atoms with E-state index in [9.17, 15) is 4.79 Å². The number of halogens is 1. The maximum Gasteiger partial charge on any atom is 0.253 e. The van der Waals surface area contributed by atoms with E-state index in [4.69, 9.17) is 21.4 Å². The summed E-state index contributed by atoms with van der Waals surface area (Å²) >= 11 is 6.00. The highest BCUT2D eigenvalue weighted by Gasteiger charge is 2.37. The first-order valence-electron chi connectivity index (χ1n) is 7.54. The summed E-state index contributed by atoms with van der Waals surface area (Å²) in [5, 5.41) is 12.4. The highest BCUT2D eigenvalue weighted by Crippen LogP contribution is 2.24. The van der Waals surface area contributed by atoms with Crippen LogP contribution in [0, 0.1) is 0 Å². The minimum absolute atomic E-state index is 0.0883. The third-order valence-electron chi connectivity index (χ3n) is 4.29. The van der Waals surface area contributed by atoms with Gasteiger partial charge in [0.15, 0.2) is 0 Å². The Morgan fingerprint density at radius 1 is 1.55 bits per heavy atom. The third-order valence-corrected chi connectivity index (χ3v) is 4.59. The summed E-state index contributed by atoms with van der Waals surface area (Å²) < 4.78 is 5.75. The van der Waals surface area contributed by atoms with E-state index in [-0.39, 0.29) is 24.7 Å². The molecular weight excluding hydrogens is 306 g/mol. The molecule has 0 saturated carbocycles. The number of carbonyl (C=O) groups is 1. The lowest BCUT2D eigenvalue weighted by Gasteiger charge is -2.34. The number of aliphatic hydroxyl groups excluding tert-OH is 1. The van der Waals surface area contributed by atoms with Crippen LogP contribution in [0.2, 0.25) is 5.02 Å². The molecule has 6 nitrogen and oxygen atoms in total. The Labute approximate surface area is 134 Å². The summed E-state index contributed by atoms with van der Waals surface area (Å²) in [5.41, 5.74) is 0.455. The van der Waals surface area contributed by atoms with Crippen molar-refractivity contribution >= 4 is 17.5 Å². The Kier molecular flexibility index (Phi) is 4.93. The second-order valence-corrected chi connectivity index (χ2v) is 6.24. The Morgan fingerprint density at radius 2 is 2.41 bits per heavy atom. The van der Waals surface area contributed by atoms with Crippen LogP contribution in [0.1, 0.15) is 23.2 Å². The molecule has 0 aromatic carbocycles. The van der Waals surface area contributed by atoms with E-state index in [0.29, 0.717) is 29.7 Å². The van der Waals surface area contributed by atoms with Crippen molar-refractivity contribution in [3.63, 3.8) is 0 Å². The topological polar surface area (TPSA) is 74.7 Å². The number of amides is 1. The lowest BCUT2D eigenvalue weighted by molar-refractivity contribution is -0.0566. The SMILES string of the molecule is O=C(N[C@H]1C[C@H]2CO[C@@H](CCO)CN2C1)c1ccncc1Cl. The van der Waals surface area contributed by atoms with Crippen molar-refractivity contribution in [2.24, 2.45) is 0 Å². The first-order valence-corrected chi connectivity index (χ1v) is 7.92. The fourth-order valence-corrected chi connectivity index (χ4v) is 3.39. The van der Waals surface area contributed by atoms with Gasteiger partial charge in [0, 0.05) is 44.2 Å². The largest absolute Gasteiger partial charge is 0.396 e. The Hall–Kier alpha value is -1.21. The molecular formula is C15H20ClN3O3. The molecule has 0 spiro atoms. The van der Waals surface area contributed by atoms with E-state index in [1.165, 1.54) is 6.20 Å². The first-order chi connectivity index (χ1) is 10.7. The molecule has 120 valence electrons. The molecule has 7 heteroatoms. The molecule has 0 radical (unpaired) electrons. The van der Waals surface area contributed by atoms with Gasteiger partial charge in [0.1, 0.15) is 0 Å². The number of aromatic nitrogens is 1. The number of fused-ring (bicyclic) bond motifs is 1. The maximum absolute atomic E-state index is 12.3. The van der Waals surface area contributed by atoms with Gasteiger partial charge in [-0.05, 0) is 18.9 Å². The molecule has 2 aliphatic rings. The molecule has 3 rings (SSSR count). The molecule has 22 heavy (non-hydrogen) atoms. The summed E-state index contributed by atoms with van der Waals surface area (Å²) in [6, 6.07) is 2.06. The predicted octanol–water partition coefficient (Wildman–Crippen LogP) is 0.689. The molecule has 3 atom stereocenters. The number of morpholine rings is 1. The van der Waals surface area contributed by atoms with Crippen LogP contribution < -0.4 is 5.32 Å². The minimum atomic E-state index is -0.162. The van der Waals surface area contributed by atoms with E-state index in [0.717, 1.165) is 19.5 Å². The molecule has 1 amide bonds. The van der Waals surface area contributed by atoms with Gasteiger partial charge in [0.25, 0.3) is 5.91 Å². The van der Waals surface area contributed by atoms with Crippen LogP contribution in [0.15, 0.2) is 18.5 Å². The summed E-state index contributed by atoms with van der Waals surface area (Å²) in [6.45, 7) is 2.43. The second kappa shape index (κ2) is 6.91. The normalized spacial score (nSPS) is 28.4. The predicted molar refractivity (Wildman–Crippen MR) is 81.9 cm³/mol. The van der Waals surface area contributed by atoms with E-state index in [1.807, 2.05) is 0 Å². The van der Waals surface area contributed by atoms with Crippen LogP contribution in [0.3, 0.4) is 0 Å². The maximum atomic E-state index is 12.3. The summed E-state index contributed by atoms with van der Waals surface area (Å²) in [4.78, 5) is 18.5. The van der Waals surface area contributed by atoms with E-state index in [1.54, 1.807) is 12.3 Å². The molecule has 3 heterocycles. The number of hydrogen-bond acceptors (Lipinski definition) is 5. The van der Waals surface area contributed by atoms with Crippen molar-refractivity contribution in [3.05, 3.63) is 29.0 Å². The fraction of sp³-hybridized carbons (Fsp3) is 0.600. The van der Waals surface area contributed by atoms with Gasteiger partial charge < -0.3 is 15.2 Å². The highest BCUT2D eigenvalue weighted by atomic mass is 35.5. The van der Waals surface area contributed by atoms with Crippen LogP contribution in [-0.2, 0) is 4.74 Å². The third kappa shape index (κ3) is 3.41. The molecule has 1 aromatic rings. The van der Waals surface area contributed by atoms with Gasteiger partial charge in [-0.1, -0.05) is 11.6 Å². The fourth-order valence-electron chi connectivity index (χ4n) is 3.19. The standard InChI is InChI=1S/C15H20ClN3O3/c16-14-6-17-3-1-13(14)15(21)18-10-5-11-9-22-12(2-4-20)8-19(11)7-10/h1,3,6,10-12,20H,2,4-5,7-9H2,(H,18,21)/t10-,11-,12-/m0/s1. The summed E-state index contributed by atoms with van der Waals surface area (Å²) in [7, 11) is 0. The monoisotopic (exact) mass is 325 g/mol. The van der Waals surface area contributed by atoms with Gasteiger partial charge in [-0.2, -0.15) is 0 Å². The van der Waals surface area contributed by atoms with Crippen LogP contribution in [0.25, 0.3) is 0 Å². The van der Waals surface area contributed by atoms with Gasteiger partial charge in [0.05, 0.1) is 23.3 Å². The second-order valence-electron chi connectivity index (χ2n) is 5.84. The molecule has 2 fully saturated rings. The molecule has 2 saturated heterocycles. The quantitative estimate of drug-likeness (QED) is 0.852. The van der Waals surface area contributed by atoms with Crippen molar-refractivity contribution in [3.8, 4) is 0 Å². The zero-order chi connectivity index (χ0) is 15.5. The van der Waals surface area contributed by atoms with Crippen molar-refractivity contribution in [2.45, 2.75) is 31.0 Å². The summed E-state index contributed by atoms with van der Waals surface area (Å²) in [5.74, 6) is -0.162. The number of rotatable bonds is 4. The molecule has 2 aliphatic heterocycles. The number of hydrogen-bond donors (Lipinski definition) is 2. The lowest BCUT2D eigenvalue weighted by Crippen LogP contribution is -2.46. The molecule has 0 aliphatic carbocycles. The van der Waals surface area contributed by atoms with Gasteiger partial charge in [-0.3, -0.25) is 14.7 Å². The van der Waals surface area contributed by atoms with Crippen molar-refractivity contribution < 1.29 is 14.6 Å². The number of nitrogens with one attached hydrogen (secondary N) is 1. The average molecular weight is 326 g/mol. The minimum Gasteiger partial charge on any atom is -0.396 e. The van der Waals surface area contributed by atoms with Crippen molar-refractivity contribution in [1.29, 1.82) is 0 Å². The zero-order valence-electron chi connectivity index (χ0n) is 12.2. The van der Waals surface area contributed by atoms with Gasteiger partial charge in [0.2, 0.25) is 0 Å². The number of nitrogens with zero attached hydrogens (tertiary/aromatic N) is 2. The molecule has 2 N–H and O–H groups in total. The van der Waals surface area contributed by atoms with E-state index in [2.05, 4.69) is 15.2 Å². The number of aliphatic hydroxyl groups is 1. The smallest absolute Gasteiger partial charge is 0.253 e. The summed E-state index contributed by atoms with van der Waals surface area (Å²) in [6.07, 6.45) is 4.66. The first kappa shape index (κ1) is 15.7. The van der Waals surface area contributed by atoms with Crippen LogP contribution >= 0.6 is 11.6 Å². The number of carbonyl (C=O) groups excluding carboxylic acids is 1. The van der Waals surface area contributed by atoms with Crippen molar-refractivity contribution in [2.75, 3.05) is 26.3 Å². The number of ether oxygens (including phenoxy) is 1. The van der Waals surface area contributed by atoms with Gasteiger partial charge >= 0.3 is 0 Å². The van der Waals surface area contributed by atoms with E-state index < -0.39 is 0 Å². The zero-order valence-corrected chi connectivity index (χ0v) is 13.0. The Morgan fingerprint density at radius 3 is 3.18 bits per heavy atom. The Bertz CT molecular complexity index is 543.